The summed E-state index contributed by atoms with van der Waals surface area (Å²) in [4.78, 5) is 25.8. The quantitative estimate of drug-likeness (QED) is 0.877. The average molecular weight is 352 g/mol. The van der Waals surface area contributed by atoms with Crippen LogP contribution in [0.25, 0.3) is 0 Å². The zero-order valence-electron chi connectivity index (χ0n) is 13.9. The van der Waals surface area contributed by atoms with Crippen LogP contribution in [0, 0.1) is 0 Å². The van der Waals surface area contributed by atoms with E-state index in [4.69, 9.17) is 0 Å². The van der Waals surface area contributed by atoms with Crippen molar-refractivity contribution >= 4 is 35.0 Å². The highest BCUT2D eigenvalue weighted by Gasteiger charge is 2.29. The van der Waals surface area contributed by atoms with Gasteiger partial charge in [0.15, 0.2) is 0 Å². The Labute approximate surface area is 151 Å². The number of benzene rings is 2. The summed E-state index contributed by atoms with van der Waals surface area (Å²) < 4.78 is 0. The number of carbonyl (C=O) groups is 2. The lowest BCUT2D eigenvalue weighted by Crippen LogP contribution is -2.32. The Kier molecular flexibility index (Phi) is 4.49. The molecule has 2 N–H and O–H groups in total. The van der Waals surface area contributed by atoms with Gasteiger partial charge in [-0.25, -0.2) is 0 Å². The molecule has 5 heteroatoms. The van der Waals surface area contributed by atoms with Crippen LogP contribution in [-0.4, -0.2) is 17.1 Å². The molecule has 1 atom stereocenters. The number of amides is 2. The number of hydrogen-bond donors (Lipinski definition) is 2. The summed E-state index contributed by atoms with van der Waals surface area (Å²) in [5.74, 6) is -0.208. The van der Waals surface area contributed by atoms with E-state index in [1.54, 1.807) is 0 Å². The molecular weight excluding hydrogens is 332 g/mol. The van der Waals surface area contributed by atoms with Crippen LogP contribution in [0.5, 0.6) is 0 Å². The molecule has 0 saturated carbocycles. The van der Waals surface area contributed by atoms with Crippen LogP contribution in [0.2, 0.25) is 0 Å². The average Bonchev–Trinajstić information content (AvgIpc) is 2.63. The monoisotopic (exact) mass is 352 g/mol. The van der Waals surface area contributed by atoms with Crippen molar-refractivity contribution in [2.24, 2.45) is 0 Å². The lowest BCUT2D eigenvalue weighted by molar-refractivity contribution is -0.120. The molecule has 0 saturated heterocycles. The number of aryl methyl sites for hydroxylation is 1. The number of carbonyl (C=O) groups excluding carboxylic acids is 2. The fourth-order valence-corrected chi connectivity index (χ4v) is 4.61. The summed E-state index contributed by atoms with van der Waals surface area (Å²) in [6.07, 6.45) is 4.64. The van der Waals surface area contributed by atoms with Crippen molar-refractivity contribution in [1.82, 2.24) is 0 Å². The first kappa shape index (κ1) is 16.2. The molecule has 1 unspecified atom stereocenters. The summed E-state index contributed by atoms with van der Waals surface area (Å²) in [6.45, 7) is 0. The smallest absolute Gasteiger partial charge is 0.238 e. The lowest BCUT2D eigenvalue weighted by Gasteiger charge is -2.24. The van der Waals surface area contributed by atoms with Gasteiger partial charge >= 0.3 is 0 Å². The predicted octanol–water partition coefficient (Wildman–Crippen LogP) is 4.01. The van der Waals surface area contributed by atoms with Crippen LogP contribution in [0.4, 0.5) is 11.4 Å². The fourth-order valence-electron chi connectivity index (χ4n) is 3.50. The highest BCUT2D eigenvalue weighted by atomic mass is 32.2. The van der Waals surface area contributed by atoms with Crippen molar-refractivity contribution in [3.8, 4) is 0 Å². The predicted molar refractivity (Wildman–Crippen MR) is 101 cm³/mol. The summed E-state index contributed by atoms with van der Waals surface area (Å²) in [7, 11) is 0. The number of thioether (sulfide) groups is 1. The van der Waals surface area contributed by atoms with Gasteiger partial charge in [0.1, 0.15) is 0 Å². The van der Waals surface area contributed by atoms with Gasteiger partial charge in [-0.2, -0.15) is 0 Å². The van der Waals surface area contributed by atoms with E-state index in [1.165, 1.54) is 29.3 Å². The third-order valence-corrected chi connectivity index (χ3v) is 6.02. The third-order valence-electron chi connectivity index (χ3n) is 4.75. The molecular formula is C20H20N2O2S. The van der Waals surface area contributed by atoms with E-state index in [9.17, 15) is 9.59 Å². The Balaban J connectivity index is 1.46. The minimum Gasteiger partial charge on any atom is -0.326 e. The molecule has 1 heterocycles. The molecule has 0 spiro atoms. The summed E-state index contributed by atoms with van der Waals surface area (Å²) in [5.41, 5.74) is 4.33. The van der Waals surface area contributed by atoms with E-state index in [0.717, 1.165) is 35.5 Å². The molecule has 4 nitrogen and oxygen atoms in total. The van der Waals surface area contributed by atoms with Crippen molar-refractivity contribution in [1.29, 1.82) is 0 Å². The van der Waals surface area contributed by atoms with Gasteiger partial charge in [0.2, 0.25) is 11.8 Å². The number of rotatable bonds is 3. The highest BCUT2D eigenvalue weighted by Crippen LogP contribution is 2.37. The Bertz CT molecular complexity index is 834. The van der Waals surface area contributed by atoms with Crippen molar-refractivity contribution in [2.45, 2.75) is 42.2 Å². The molecule has 0 aromatic heterocycles. The lowest BCUT2D eigenvalue weighted by atomic mass is 9.90. The molecule has 2 amide bonds. The molecule has 1 aliphatic carbocycles. The number of fused-ring (bicyclic) bond motifs is 2. The third kappa shape index (κ3) is 3.42. The SMILES string of the molecule is O=C(CC1Sc2ccccc2NC1=O)Nc1cccc2c1CCCC2. The molecule has 1 aliphatic heterocycles. The fraction of sp³-hybridized carbons (Fsp3) is 0.300. The number of nitrogens with one attached hydrogen (secondary N) is 2. The molecule has 2 aliphatic rings. The second-order valence-corrected chi connectivity index (χ2v) is 7.74. The normalized spacial score (nSPS) is 18.7. The molecule has 0 fully saturated rings. The van der Waals surface area contributed by atoms with Gasteiger partial charge < -0.3 is 10.6 Å². The van der Waals surface area contributed by atoms with Gasteiger partial charge in [0, 0.05) is 17.0 Å². The molecule has 2 aromatic rings. The van der Waals surface area contributed by atoms with Crippen LogP contribution >= 0.6 is 11.8 Å². The van der Waals surface area contributed by atoms with Crippen molar-refractivity contribution in [3.63, 3.8) is 0 Å². The molecule has 0 radical (unpaired) electrons. The first-order chi connectivity index (χ1) is 12.2. The van der Waals surface area contributed by atoms with Gasteiger partial charge in [-0.05, 0) is 55.0 Å². The van der Waals surface area contributed by atoms with Crippen molar-refractivity contribution in [3.05, 3.63) is 53.6 Å². The van der Waals surface area contributed by atoms with E-state index in [2.05, 4.69) is 16.7 Å². The first-order valence-electron chi connectivity index (χ1n) is 8.68. The number of para-hydroxylation sites is 1. The topological polar surface area (TPSA) is 58.2 Å². The highest BCUT2D eigenvalue weighted by molar-refractivity contribution is 8.01. The maximum atomic E-state index is 12.5. The maximum absolute atomic E-state index is 12.5. The van der Waals surface area contributed by atoms with Gasteiger partial charge in [0.05, 0.1) is 10.9 Å². The Morgan fingerprint density at radius 1 is 1.12 bits per heavy atom. The first-order valence-corrected chi connectivity index (χ1v) is 9.56. The van der Waals surface area contributed by atoms with Crippen LogP contribution in [-0.2, 0) is 22.4 Å². The largest absolute Gasteiger partial charge is 0.326 e. The van der Waals surface area contributed by atoms with Gasteiger partial charge in [0.25, 0.3) is 0 Å². The summed E-state index contributed by atoms with van der Waals surface area (Å²) in [5, 5.41) is 5.52. The van der Waals surface area contributed by atoms with Gasteiger partial charge in [-0.15, -0.1) is 11.8 Å². The molecule has 2 aromatic carbocycles. The van der Waals surface area contributed by atoms with E-state index < -0.39 is 5.25 Å². The Morgan fingerprint density at radius 3 is 2.88 bits per heavy atom. The minimum absolute atomic E-state index is 0.103. The van der Waals surface area contributed by atoms with E-state index in [-0.39, 0.29) is 18.2 Å². The minimum atomic E-state index is -0.394. The standard InChI is InChI=1S/C20H20N2O2S/c23-19(21-15-10-5-7-13-6-1-2-8-14(13)15)12-18-20(24)22-16-9-3-4-11-17(16)25-18/h3-5,7,9-11,18H,1-2,6,8,12H2,(H,21,23)(H,22,24). The maximum Gasteiger partial charge on any atom is 0.238 e. The van der Waals surface area contributed by atoms with E-state index in [0.29, 0.717) is 0 Å². The Morgan fingerprint density at radius 2 is 1.96 bits per heavy atom. The molecule has 128 valence electrons. The van der Waals surface area contributed by atoms with Gasteiger partial charge in [-0.3, -0.25) is 9.59 Å². The van der Waals surface area contributed by atoms with E-state index >= 15 is 0 Å². The second kappa shape index (κ2) is 6.92. The molecule has 4 rings (SSSR count). The number of anilines is 2. The number of hydrogen-bond acceptors (Lipinski definition) is 3. The van der Waals surface area contributed by atoms with Crippen LogP contribution in [0.1, 0.15) is 30.4 Å². The summed E-state index contributed by atoms with van der Waals surface area (Å²) in [6, 6.07) is 13.8. The Hall–Kier alpha value is -2.27. The van der Waals surface area contributed by atoms with Crippen molar-refractivity contribution < 1.29 is 9.59 Å². The van der Waals surface area contributed by atoms with Crippen LogP contribution in [0.15, 0.2) is 47.4 Å². The van der Waals surface area contributed by atoms with Crippen molar-refractivity contribution in [2.75, 3.05) is 10.6 Å². The van der Waals surface area contributed by atoms with Crippen LogP contribution < -0.4 is 10.6 Å². The van der Waals surface area contributed by atoms with E-state index in [1.807, 2.05) is 36.4 Å². The zero-order valence-corrected chi connectivity index (χ0v) is 14.7. The van der Waals surface area contributed by atoms with Crippen LogP contribution in [0.3, 0.4) is 0 Å². The zero-order chi connectivity index (χ0) is 17.2. The molecule has 25 heavy (non-hydrogen) atoms. The summed E-state index contributed by atoms with van der Waals surface area (Å²) >= 11 is 1.46. The second-order valence-electron chi connectivity index (χ2n) is 6.49. The molecule has 0 bridgehead atoms. The van der Waals surface area contributed by atoms with Gasteiger partial charge in [-0.1, -0.05) is 24.3 Å².